The van der Waals surface area contributed by atoms with Crippen molar-refractivity contribution >= 4 is 10.0 Å². The van der Waals surface area contributed by atoms with Crippen LogP contribution in [0.2, 0.25) is 0 Å². The van der Waals surface area contributed by atoms with Crippen LogP contribution in [0.1, 0.15) is 24.3 Å². The first-order valence-electron chi connectivity index (χ1n) is 6.01. The van der Waals surface area contributed by atoms with E-state index in [0.29, 0.717) is 24.6 Å². The summed E-state index contributed by atoms with van der Waals surface area (Å²) in [4.78, 5) is 0.152. The maximum atomic E-state index is 12.1. The van der Waals surface area contributed by atoms with Gasteiger partial charge < -0.3 is 9.26 Å². The van der Waals surface area contributed by atoms with Gasteiger partial charge in [0, 0.05) is 13.2 Å². The number of aromatic nitrogens is 1. The van der Waals surface area contributed by atoms with Gasteiger partial charge in [0.25, 0.3) is 0 Å². The topological polar surface area (TPSA) is 81.4 Å². The van der Waals surface area contributed by atoms with Crippen molar-refractivity contribution in [3.63, 3.8) is 0 Å². The number of ether oxygens (including phenoxy) is 1. The summed E-state index contributed by atoms with van der Waals surface area (Å²) >= 11 is 0. The fraction of sp³-hybridized carbons (Fsp3) is 0.727. The Morgan fingerprint density at radius 1 is 1.44 bits per heavy atom. The molecule has 0 radical (unpaired) electrons. The number of sulfonamides is 1. The van der Waals surface area contributed by atoms with Crippen LogP contribution in [0.4, 0.5) is 0 Å². The van der Waals surface area contributed by atoms with Crippen LogP contribution in [-0.2, 0) is 14.8 Å². The zero-order valence-corrected chi connectivity index (χ0v) is 11.4. The number of nitrogens with one attached hydrogen (secondary N) is 1. The summed E-state index contributed by atoms with van der Waals surface area (Å²) in [7, 11) is -3.54. The number of hydrogen-bond acceptors (Lipinski definition) is 5. The van der Waals surface area contributed by atoms with Crippen molar-refractivity contribution in [3.05, 3.63) is 11.5 Å². The van der Waals surface area contributed by atoms with Crippen molar-refractivity contribution in [2.24, 2.45) is 5.92 Å². The highest BCUT2D eigenvalue weighted by molar-refractivity contribution is 7.89. The molecule has 1 aliphatic heterocycles. The van der Waals surface area contributed by atoms with E-state index >= 15 is 0 Å². The maximum absolute atomic E-state index is 12.1. The average Bonchev–Trinajstić information content (AvgIpc) is 2.69. The molecule has 1 fully saturated rings. The van der Waals surface area contributed by atoms with Crippen LogP contribution >= 0.6 is 0 Å². The van der Waals surface area contributed by atoms with Gasteiger partial charge in [-0.05, 0) is 32.6 Å². The second-order valence-electron chi connectivity index (χ2n) is 4.59. The van der Waals surface area contributed by atoms with E-state index in [4.69, 9.17) is 9.26 Å². The van der Waals surface area contributed by atoms with Crippen LogP contribution in [0.5, 0.6) is 0 Å². The van der Waals surface area contributed by atoms with Gasteiger partial charge in [0.2, 0.25) is 10.0 Å². The van der Waals surface area contributed by atoms with E-state index < -0.39 is 10.0 Å². The number of rotatable bonds is 4. The van der Waals surface area contributed by atoms with Gasteiger partial charge in [-0.15, -0.1) is 0 Å². The minimum Gasteiger partial charge on any atom is -0.381 e. The van der Waals surface area contributed by atoms with Crippen molar-refractivity contribution in [2.45, 2.75) is 31.6 Å². The Morgan fingerprint density at radius 2 is 2.22 bits per heavy atom. The largest absolute Gasteiger partial charge is 0.381 e. The van der Waals surface area contributed by atoms with Crippen LogP contribution in [-0.4, -0.2) is 33.3 Å². The van der Waals surface area contributed by atoms with E-state index in [-0.39, 0.29) is 10.8 Å². The van der Waals surface area contributed by atoms with Gasteiger partial charge in [-0.2, -0.15) is 0 Å². The zero-order chi connectivity index (χ0) is 13.2. The molecule has 0 bridgehead atoms. The second kappa shape index (κ2) is 5.38. The second-order valence-corrected chi connectivity index (χ2v) is 6.29. The summed E-state index contributed by atoms with van der Waals surface area (Å²) in [6, 6.07) is 0. The third-order valence-electron chi connectivity index (χ3n) is 3.05. The molecule has 2 heterocycles. The van der Waals surface area contributed by atoms with E-state index in [1.54, 1.807) is 13.8 Å². The molecular formula is C11H18N2O4S. The fourth-order valence-electron chi connectivity index (χ4n) is 2.13. The Morgan fingerprint density at radius 3 is 2.78 bits per heavy atom. The van der Waals surface area contributed by atoms with E-state index in [1.807, 2.05) is 0 Å². The lowest BCUT2D eigenvalue weighted by molar-refractivity contribution is 0.0568. The standard InChI is InChI=1S/C11H18N2O4S/c1-8-11(9(2)17-13-8)18(14,15)12-6-10-4-3-5-16-7-10/h10,12H,3-7H2,1-2H3/t10-/m0/s1. The highest BCUT2D eigenvalue weighted by Crippen LogP contribution is 2.19. The summed E-state index contributed by atoms with van der Waals surface area (Å²) < 4.78 is 37.1. The van der Waals surface area contributed by atoms with Gasteiger partial charge >= 0.3 is 0 Å². The van der Waals surface area contributed by atoms with Crippen molar-refractivity contribution in [1.82, 2.24) is 9.88 Å². The Hall–Kier alpha value is -0.920. The monoisotopic (exact) mass is 274 g/mol. The molecule has 1 saturated heterocycles. The molecule has 18 heavy (non-hydrogen) atoms. The minimum absolute atomic E-state index is 0.152. The van der Waals surface area contributed by atoms with Crippen molar-refractivity contribution in [1.29, 1.82) is 0 Å². The lowest BCUT2D eigenvalue weighted by Gasteiger charge is -2.22. The van der Waals surface area contributed by atoms with Crippen LogP contribution < -0.4 is 4.72 Å². The van der Waals surface area contributed by atoms with Crippen LogP contribution in [0.3, 0.4) is 0 Å². The predicted octanol–water partition coefficient (Wildman–Crippen LogP) is 0.996. The molecule has 1 aromatic rings. The third kappa shape index (κ3) is 2.90. The molecule has 1 aromatic heterocycles. The van der Waals surface area contributed by atoms with E-state index in [1.165, 1.54) is 0 Å². The molecule has 0 amide bonds. The van der Waals surface area contributed by atoms with E-state index in [2.05, 4.69) is 9.88 Å². The highest BCUT2D eigenvalue weighted by Gasteiger charge is 2.25. The quantitative estimate of drug-likeness (QED) is 0.885. The molecular weight excluding hydrogens is 256 g/mol. The van der Waals surface area contributed by atoms with Gasteiger partial charge in [0.1, 0.15) is 10.6 Å². The van der Waals surface area contributed by atoms with E-state index in [0.717, 1.165) is 19.4 Å². The average molecular weight is 274 g/mol. The molecule has 2 rings (SSSR count). The zero-order valence-electron chi connectivity index (χ0n) is 10.6. The highest BCUT2D eigenvalue weighted by atomic mass is 32.2. The lowest BCUT2D eigenvalue weighted by Crippen LogP contribution is -2.33. The van der Waals surface area contributed by atoms with Crippen LogP contribution in [0.25, 0.3) is 0 Å². The molecule has 6 nitrogen and oxygen atoms in total. The van der Waals surface area contributed by atoms with Crippen molar-refractivity contribution in [3.8, 4) is 0 Å². The number of nitrogens with zero attached hydrogens (tertiary/aromatic N) is 1. The Kier molecular flexibility index (Phi) is 4.04. The normalized spacial score (nSPS) is 21.1. The molecule has 1 atom stereocenters. The van der Waals surface area contributed by atoms with Crippen molar-refractivity contribution in [2.75, 3.05) is 19.8 Å². The summed E-state index contributed by atoms with van der Waals surface area (Å²) in [6.07, 6.45) is 1.97. The predicted molar refractivity (Wildman–Crippen MR) is 64.7 cm³/mol. The molecule has 0 saturated carbocycles. The van der Waals surface area contributed by atoms with Gasteiger partial charge in [0.15, 0.2) is 5.76 Å². The smallest absolute Gasteiger partial charge is 0.245 e. The first kappa shape index (κ1) is 13.5. The molecule has 0 spiro atoms. The number of hydrogen-bond donors (Lipinski definition) is 1. The lowest BCUT2D eigenvalue weighted by atomic mass is 10.0. The Labute approximate surface area is 107 Å². The maximum Gasteiger partial charge on any atom is 0.245 e. The van der Waals surface area contributed by atoms with Gasteiger partial charge in [0.05, 0.1) is 6.61 Å². The van der Waals surface area contributed by atoms with Gasteiger partial charge in [-0.3, -0.25) is 0 Å². The summed E-state index contributed by atoms with van der Waals surface area (Å²) in [5, 5.41) is 3.66. The molecule has 0 unspecified atom stereocenters. The number of aryl methyl sites for hydroxylation is 2. The first-order chi connectivity index (χ1) is 8.50. The summed E-state index contributed by atoms with van der Waals surface area (Å²) in [5.41, 5.74) is 0.389. The van der Waals surface area contributed by atoms with Crippen LogP contribution in [0.15, 0.2) is 9.42 Å². The summed E-state index contributed by atoms with van der Waals surface area (Å²) in [6.45, 7) is 5.00. The van der Waals surface area contributed by atoms with Crippen molar-refractivity contribution < 1.29 is 17.7 Å². The molecule has 1 aliphatic rings. The van der Waals surface area contributed by atoms with Gasteiger partial charge in [-0.25, -0.2) is 13.1 Å². The fourth-order valence-corrected chi connectivity index (χ4v) is 3.57. The summed E-state index contributed by atoms with van der Waals surface area (Å²) in [5.74, 6) is 0.564. The first-order valence-corrected chi connectivity index (χ1v) is 7.49. The Bertz CT molecular complexity index is 484. The van der Waals surface area contributed by atoms with Crippen LogP contribution in [0, 0.1) is 19.8 Å². The van der Waals surface area contributed by atoms with E-state index in [9.17, 15) is 8.42 Å². The molecule has 0 aromatic carbocycles. The molecule has 0 aliphatic carbocycles. The Balaban J connectivity index is 2.03. The SMILES string of the molecule is Cc1noc(C)c1S(=O)(=O)NC[C@@H]1CCCOC1. The molecule has 102 valence electrons. The minimum atomic E-state index is -3.54. The molecule has 7 heteroatoms. The van der Waals surface area contributed by atoms with Gasteiger partial charge in [-0.1, -0.05) is 5.16 Å². The third-order valence-corrected chi connectivity index (χ3v) is 4.72. The molecule has 1 N–H and O–H groups in total.